The number of nitrogens with zero attached hydrogens (tertiary/aromatic N) is 1. The van der Waals surface area contributed by atoms with Crippen LogP contribution in [-0.2, 0) is 6.18 Å². The van der Waals surface area contributed by atoms with Gasteiger partial charge in [0.25, 0.3) is 0 Å². The summed E-state index contributed by atoms with van der Waals surface area (Å²) in [5.74, 6) is 0. The first-order valence-corrected chi connectivity index (χ1v) is 7.09. The number of nitrogens with one attached hydrogen (secondary N) is 1. The first-order valence-electron chi connectivity index (χ1n) is 7.09. The van der Waals surface area contributed by atoms with Crippen molar-refractivity contribution in [1.82, 2.24) is 4.90 Å². The summed E-state index contributed by atoms with van der Waals surface area (Å²) >= 11 is 0. The molecule has 0 saturated carbocycles. The average molecular weight is 286 g/mol. The van der Waals surface area contributed by atoms with Gasteiger partial charge in [0.15, 0.2) is 0 Å². The van der Waals surface area contributed by atoms with E-state index < -0.39 is 11.7 Å². The molecule has 1 saturated heterocycles. The van der Waals surface area contributed by atoms with E-state index in [1.54, 1.807) is 6.07 Å². The molecule has 2 nitrogen and oxygen atoms in total. The van der Waals surface area contributed by atoms with E-state index in [1.165, 1.54) is 25.0 Å². The summed E-state index contributed by atoms with van der Waals surface area (Å²) in [4.78, 5) is 2.31. The van der Waals surface area contributed by atoms with Gasteiger partial charge in [-0.05, 0) is 45.0 Å². The highest BCUT2D eigenvalue weighted by molar-refractivity contribution is 5.52. The zero-order valence-corrected chi connectivity index (χ0v) is 11.7. The van der Waals surface area contributed by atoms with Crippen LogP contribution in [0, 0.1) is 0 Å². The number of halogens is 3. The van der Waals surface area contributed by atoms with E-state index in [0.29, 0.717) is 12.6 Å². The third-order valence-corrected chi connectivity index (χ3v) is 3.95. The summed E-state index contributed by atoms with van der Waals surface area (Å²) in [6.45, 7) is 1.66. The fourth-order valence-corrected chi connectivity index (χ4v) is 2.77. The van der Waals surface area contributed by atoms with Crippen molar-refractivity contribution < 1.29 is 13.2 Å². The standard InChI is InChI=1S/C15H21F3N2/c1-20-11-5-4-6-12(20)9-10-19-14-8-3-2-7-13(14)15(16,17)18/h2-3,7-8,12,19H,4-6,9-11H2,1H3. The van der Waals surface area contributed by atoms with E-state index in [2.05, 4.69) is 17.3 Å². The topological polar surface area (TPSA) is 15.3 Å². The third-order valence-electron chi connectivity index (χ3n) is 3.95. The lowest BCUT2D eigenvalue weighted by Gasteiger charge is -2.32. The molecule has 0 aromatic heterocycles. The number of para-hydroxylation sites is 1. The molecule has 1 unspecified atom stereocenters. The zero-order chi connectivity index (χ0) is 14.6. The Labute approximate surface area is 118 Å². The van der Waals surface area contributed by atoms with Crippen LogP contribution in [-0.4, -0.2) is 31.1 Å². The normalized spacial score (nSPS) is 20.9. The molecule has 1 aliphatic heterocycles. The van der Waals surface area contributed by atoms with Gasteiger partial charge >= 0.3 is 6.18 Å². The van der Waals surface area contributed by atoms with Crippen molar-refractivity contribution in [1.29, 1.82) is 0 Å². The number of alkyl halides is 3. The Morgan fingerprint density at radius 2 is 2.00 bits per heavy atom. The van der Waals surface area contributed by atoms with E-state index in [9.17, 15) is 13.2 Å². The highest BCUT2D eigenvalue weighted by Gasteiger charge is 2.33. The third kappa shape index (κ3) is 3.88. The highest BCUT2D eigenvalue weighted by Crippen LogP contribution is 2.34. The minimum Gasteiger partial charge on any atom is -0.384 e. The van der Waals surface area contributed by atoms with E-state index in [1.807, 2.05) is 0 Å². The van der Waals surface area contributed by atoms with Crippen LogP contribution in [0.15, 0.2) is 24.3 Å². The Bertz CT molecular complexity index is 431. The van der Waals surface area contributed by atoms with E-state index >= 15 is 0 Å². The van der Waals surface area contributed by atoms with Crippen molar-refractivity contribution >= 4 is 5.69 Å². The largest absolute Gasteiger partial charge is 0.418 e. The quantitative estimate of drug-likeness (QED) is 0.900. The SMILES string of the molecule is CN1CCCCC1CCNc1ccccc1C(F)(F)F. The molecule has 2 rings (SSSR count). The van der Waals surface area contributed by atoms with Crippen LogP contribution in [0.3, 0.4) is 0 Å². The molecule has 1 heterocycles. The van der Waals surface area contributed by atoms with E-state index in [-0.39, 0.29) is 5.69 Å². The van der Waals surface area contributed by atoms with Crippen LogP contribution in [0.25, 0.3) is 0 Å². The monoisotopic (exact) mass is 286 g/mol. The number of hydrogen-bond donors (Lipinski definition) is 1. The molecule has 1 aromatic rings. The van der Waals surface area contributed by atoms with Gasteiger partial charge < -0.3 is 10.2 Å². The lowest BCUT2D eigenvalue weighted by atomic mass is 10.00. The molecular formula is C15H21F3N2. The maximum Gasteiger partial charge on any atom is 0.418 e. The van der Waals surface area contributed by atoms with Crippen LogP contribution in [0.4, 0.5) is 18.9 Å². The lowest BCUT2D eigenvalue weighted by molar-refractivity contribution is -0.136. The minimum absolute atomic E-state index is 0.179. The van der Waals surface area contributed by atoms with Gasteiger partial charge in [-0.15, -0.1) is 0 Å². The Hall–Kier alpha value is -1.23. The van der Waals surface area contributed by atoms with Crippen LogP contribution in [0.1, 0.15) is 31.2 Å². The number of rotatable bonds is 4. The molecule has 1 N–H and O–H groups in total. The highest BCUT2D eigenvalue weighted by atomic mass is 19.4. The summed E-state index contributed by atoms with van der Waals surface area (Å²) in [7, 11) is 2.09. The Morgan fingerprint density at radius 1 is 1.25 bits per heavy atom. The lowest BCUT2D eigenvalue weighted by Crippen LogP contribution is -2.37. The second-order valence-corrected chi connectivity index (χ2v) is 5.39. The van der Waals surface area contributed by atoms with Crippen molar-refractivity contribution in [2.75, 3.05) is 25.5 Å². The molecule has 0 bridgehead atoms. The van der Waals surface area contributed by atoms with E-state index in [0.717, 1.165) is 25.5 Å². The Balaban J connectivity index is 1.91. The predicted molar refractivity (Wildman–Crippen MR) is 74.8 cm³/mol. The molecule has 1 fully saturated rings. The average Bonchev–Trinajstić information content (AvgIpc) is 2.40. The fraction of sp³-hybridized carbons (Fsp3) is 0.600. The summed E-state index contributed by atoms with van der Waals surface area (Å²) < 4.78 is 38.5. The molecule has 0 spiro atoms. The smallest absolute Gasteiger partial charge is 0.384 e. The van der Waals surface area contributed by atoms with Crippen molar-refractivity contribution in [3.63, 3.8) is 0 Å². The Morgan fingerprint density at radius 3 is 2.70 bits per heavy atom. The minimum atomic E-state index is -4.30. The molecule has 5 heteroatoms. The van der Waals surface area contributed by atoms with Crippen molar-refractivity contribution in [3.05, 3.63) is 29.8 Å². The number of anilines is 1. The molecule has 1 aromatic carbocycles. The zero-order valence-electron chi connectivity index (χ0n) is 11.7. The number of likely N-dealkylation sites (tertiary alicyclic amines) is 1. The maximum absolute atomic E-state index is 12.8. The molecule has 1 aliphatic rings. The second-order valence-electron chi connectivity index (χ2n) is 5.39. The molecular weight excluding hydrogens is 265 g/mol. The van der Waals surface area contributed by atoms with Crippen molar-refractivity contribution in [2.24, 2.45) is 0 Å². The second kappa shape index (κ2) is 6.48. The van der Waals surface area contributed by atoms with Gasteiger partial charge in [-0.25, -0.2) is 0 Å². The molecule has 20 heavy (non-hydrogen) atoms. The summed E-state index contributed by atoms with van der Waals surface area (Å²) in [6.07, 6.45) is 0.151. The van der Waals surface area contributed by atoms with Gasteiger partial charge in [-0.2, -0.15) is 13.2 Å². The molecule has 0 radical (unpaired) electrons. The van der Waals surface area contributed by atoms with Gasteiger partial charge in [0.1, 0.15) is 0 Å². The van der Waals surface area contributed by atoms with E-state index in [4.69, 9.17) is 0 Å². The summed E-state index contributed by atoms with van der Waals surface area (Å²) in [5, 5.41) is 2.94. The number of hydrogen-bond acceptors (Lipinski definition) is 2. The first kappa shape index (κ1) is 15.2. The van der Waals surface area contributed by atoms with Crippen molar-refractivity contribution in [3.8, 4) is 0 Å². The summed E-state index contributed by atoms with van der Waals surface area (Å²) in [6, 6.07) is 6.14. The van der Waals surface area contributed by atoms with Gasteiger partial charge in [0.2, 0.25) is 0 Å². The Kier molecular flexibility index (Phi) is 4.91. The van der Waals surface area contributed by atoms with Crippen LogP contribution in [0.2, 0.25) is 0 Å². The molecule has 112 valence electrons. The fourth-order valence-electron chi connectivity index (χ4n) is 2.77. The van der Waals surface area contributed by atoms with Gasteiger partial charge in [-0.3, -0.25) is 0 Å². The molecule has 1 atom stereocenters. The van der Waals surface area contributed by atoms with Gasteiger partial charge in [-0.1, -0.05) is 18.6 Å². The van der Waals surface area contributed by atoms with Crippen LogP contribution in [0.5, 0.6) is 0 Å². The van der Waals surface area contributed by atoms with Crippen molar-refractivity contribution in [2.45, 2.75) is 37.9 Å². The van der Waals surface area contributed by atoms with Gasteiger partial charge in [0, 0.05) is 18.3 Å². The molecule has 0 aliphatic carbocycles. The van der Waals surface area contributed by atoms with Gasteiger partial charge in [0.05, 0.1) is 5.56 Å². The maximum atomic E-state index is 12.8. The molecule has 0 amide bonds. The van der Waals surface area contributed by atoms with Crippen LogP contribution < -0.4 is 5.32 Å². The summed E-state index contributed by atoms with van der Waals surface area (Å²) in [5.41, 5.74) is -0.407. The first-order chi connectivity index (χ1) is 9.48. The number of piperidine rings is 1. The number of benzene rings is 1. The predicted octanol–water partition coefficient (Wildman–Crippen LogP) is 3.99. The van der Waals surface area contributed by atoms with Crippen LogP contribution >= 0.6 is 0 Å².